The Hall–Kier alpha value is -2.19. The van der Waals surface area contributed by atoms with Crippen molar-refractivity contribution in [1.29, 1.82) is 0 Å². The minimum atomic E-state index is -3.97. The monoisotopic (exact) mass is 473 g/mol. The highest BCUT2D eigenvalue weighted by Crippen LogP contribution is 2.67. The highest BCUT2D eigenvalue weighted by Gasteiger charge is 2.79. The van der Waals surface area contributed by atoms with Gasteiger partial charge in [-0.1, -0.05) is 54.1 Å². The molecule has 0 amide bonds. The van der Waals surface area contributed by atoms with Gasteiger partial charge in [0.05, 0.1) is 0 Å². The van der Waals surface area contributed by atoms with E-state index >= 15 is 0 Å². The van der Waals surface area contributed by atoms with Gasteiger partial charge in [-0.15, -0.1) is 11.3 Å². The molecular weight excluding hydrogens is 454 g/mol. The number of carbonyl (C=O) groups is 1. The zero-order chi connectivity index (χ0) is 21.9. The van der Waals surface area contributed by atoms with Gasteiger partial charge in [0, 0.05) is 21.9 Å². The molecule has 2 atom stereocenters. The largest absolute Gasteiger partial charge is 0.480 e. The molecule has 8 heteroatoms. The molecule has 1 N–H and O–H groups in total. The number of hydrogen-bond donors (Lipinski definition) is 1. The van der Waals surface area contributed by atoms with Crippen LogP contribution in [0.3, 0.4) is 0 Å². The van der Waals surface area contributed by atoms with Gasteiger partial charge in [0.25, 0.3) is 10.0 Å². The summed E-state index contributed by atoms with van der Waals surface area (Å²) in [4.78, 5) is 13.3. The van der Waals surface area contributed by atoms with Gasteiger partial charge < -0.3 is 5.11 Å². The number of aliphatic carboxylic acids is 1. The Morgan fingerprint density at radius 3 is 2.42 bits per heavy atom. The van der Waals surface area contributed by atoms with Crippen LogP contribution in [0, 0.1) is 0 Å². The van der Waals surface area contributed by atoms with E-state index in [4.69, 9.17) is 11.6 Å². The average molecular weight is 474 g/mol. The molecule has 1 aliphatic heterocycles. The summed E-state index contributed by atoms with van der Waals surface area (Å²) in [5.74, 6) is -1.07. The molecule has 1 aromatic heterocycles. The first-order valence-electron chi connectivity index (χ1n) is 9.99. The van der Waals surface area contributed by atoms with Crippen LogP contribution in [0.25, 0.3) is 10.4 Å². The number of sulfonamides is 1. The Morgan fingerprint density at radius 2 is 1.74 bits per heavy atom. The van der Waals surface area contributed by atoms with Crippen molar-refractivity contribution in [2.24, 2.45) is 0 Å². The predicted molar refractivity (Wildman–Crippen MR) is 121 cm³/mol. The van der Waals surface area contributed by atoms with Gasteiger partial charge in [0.1, 0.15) is 9.75 Å². The lowest BCUT2D eigenvalue weighted by Gasteiger charge is -2.37. The maximum Gasteiger partial charge on any atom is 0.326 e. The molecule has 31 heavy (non-hydrogen) atoms. The summed E-state index contributed by atoms with van der Waals surface area (Å²) in [6.45, 7) is 0.206. The molecule has 160 valence electrons. The highest BCUT2D eigenvalue weighted by atomic mass is 35.5. The van der Waals surface area contributed by atoms with Crippen LogP contribution >= 0.6 is 22.9 Å². The Labute approximate surface area is 190 Å². The SMILES string of the molecule is O=C(O)C12CC1(c1ccccc1)CCCN2S(=O)(=O)c1ccc(-c2ccc(Cl)cc2)s1. The molecule has 2 unspecified atom stereocenters. The van der Waals surface area contributed by atoms with Crippen molar-refractivity contribution >= 4 is 38.9 Å². The van der Waals surface area contributed by atoms with Crippen molar-refractivity contribution in [3.05, 3.63) is 77.3 Å². The van der Waals surface area contributed by atoms with Gasteiger partial charge in [0.2, 0.25) is 0 Å². The Balaban J connectivity index is 1.55. The molecule has 2 fully saturated rings. The number of fused-ring (bicyclic) bond motifs is 1. The second-order valence-corrected chi connectivity index (χ2v) is 11.7. The number of rotatable bonds is 5. The number of nitrogens with zero attached hydrogens (tertiary/aromatic N) is 1. The summed E-state index contributed by atoms with van der Waals surface area (Å²) in [6.07, 6.45) is 1.59. The summed E-state index contributed by atoms with van der Waals surface area (Å²) in [7, 11) is -3.97. The van der Waals surface area contributed by atoms with E-state index in [-0.39, 0.29) is 10.8 Å². The molecule has 2 aliphatic rings. The van der Waals surface area contributed by atoms with Crippen LogP contribution in [0.5, 0.6) is 0 Å². The first kappa shape index (κ1) is 20.7. The zero-order valence-electron chi connectivity index (χ0n) is 16.5. The average Bonchev–Trinajstić information content (AvgIpc) is 3.26. The number of piperidine rings is 1. The third-order valence-corrected chi connectivity index (χ3v) is 10.3. The van der Waals surface area contributed by atoms with E-state index in [9.17, 15) is 18.3 Å². The molecule has 2 heterocycles. The van der Waals surface area contributed by atoms with Gasteiger partial charge >= 0.3 is 5.97 Å². The van der Waals surface area contributed by atoms with Crippen molar-refractivity contribution in [2.75, 3.05) is 6.54 Å². The molecule has 1 saturated heterocycles. The maximum atomic E-state index is 13.7. The lowest BCUT2D eigenvalue weighted by atomic mass is 9.83. The van der Waals surface area contributed by atoms with Crippen LogP contribution in [0.2, 0.25) is 5.02 Å². The number of hydrogen-bond acceptors (Lipinski definition) is 4. The quantitative estimate of drug-likeness (QED) is 0.564. The minimum absolute atomic E-state index is 0.161. The van der Waals surface area contributed by atoms with Crippen molar-refractivity contribution in [3.8, 4) is 10.4 Å². The predicted octanol–water partition coefficient (Wildman–Crippen LogP) is 5.02. The van der Waals surface area contributed by atoms with E-state index in [2.05, 4.69) is 0 Å². The van der Waals surface area contributed by atoms with Gasteiger partial charge in [-0.3, -0.25) is 4.79 Å². The van der Waals surface area contributed by atoms with Crippen LogP contribution in [0.1, 0.15) is 24.8 Å². The number of benzene rings is 2. The fourth-order valence-electron chi connectivity index (χ4n) is 5.02. The van der Waals surface area contributed by atoms with Gasteiger partial charge in [-0.2, -0.15) is 4.31 Å². The fourth-order valence-corrected chi connectivity index (χ4v) is 8.40. The van der Waals surface area contributed by atoms with Gasteiger partial charge in [-0.25, -0.2) is 8.42 Å². The summed E-state index contributed by atoms with van der Waals surface area (Å²) >= 11 is 7.11. The second-order valence-electron chi connectivity index (χ2n) is 8.10. The number of carboxylic acids is 1. The van der Waals surface area contributed by atoms with Crippen LogP contribution < -0.4 is 0 Å². The Morgan fingerprint density at radius 1 is 1.03 bits per heavy atom. The van der Waals surface area contributed by atoms with Crippen LogP contribution in [-0.4, -0.2) is 35.9 Å². The normalized spacial score (nSPS) is 25.7. The Bertz CT molecular complexity index is 1260. The van der Waals surface area contributed by atoms with E-state index in [0.29, 0.717) is 24.3 Å². The summed E-state index contributed by atoms with van der Waals surface area (Å²) in [5, 5.41) is 10.8. The number of thiophene rings is 1. The highest BCUT2D eigenvalue weighted by molar-refractivity contribution is 7.91. The van der Waals surface area contributed by atoms with E-state index in [1.807, 2.05) is 42.5 Å². The third kappa shape index (κ3) is 2.98. The summed E-state index contributed by atoms with van der Waals surface area (Å²) < 4.78 is 28.7. The van der Waals surface area contributed by atoms with Crippen molar-refractivity contribution in [1.82, 2.24) is 4.31 Å². The molecule has 5 nitrogen and oxygen atoms in total. The maximum absolute atomic E-state index is 13.7. The first-order chi connectivity index (χ1) is 14.8. The van der Waals surface area contributed by atoms with Crippen molar-refractivity contribution < 1.29 is 18.3 Å². The first-order valence-corrected chi connectivity index (χ1v) is 12.6. The van der Waals surface area contributed by atoms with Crippen molar-refractivity contribution in [3.63, 3.8) is 0 Å². The molecular formula is C23H20ClNO4S2. The Kier molecular flexibility index (Phi) is 4.79. The molecule has 5 rings (SSSR count). The number of halogens is 1. The summed E-state index contributed by atoms with van der Waals surface area (Å²) in [6, 6.07) is 20.0. The lowest BCUT2D eigenvalue weighted by molar-refractivity contribution is -0.144. The third-order valence-electron chi connectivity index (χ3n) is 6.55. The molecule has 0 spiro atoms. The van der Waals surface area contributed by atoms with Crippen LogP contribution in [0.15, 0.2) is 70.9 Å². The molecule has 0 radical (unpaired) electrons. The van der Waals surface area contributed by atoms with E-state index < -0.39 is 26.9 Å². The second kappa shape index (κ2) is 7.17. The molecule has 3 aromatic rings. The van der Waals surface area contributed by atoms with E-state index in [1.54, 1.807) is 24.3 Å². The minimum Gasteiger partial charge on any atom is -0.480 e. The molecule has 1 saturated carbocycles. The smallest absolute Gasteiger partial charge is 0.326 e. The van der Waals surface area contributed by atoms with Crippen molar-refractivity contribution in [2.45, 2.75) is 34.4 Å². The topological polar surface area (TPSA) is 74.7 Å². The van der Waals surface area contributed by atoms with Crippen LogP contribution in [0.4, 0.5) is 0 Å². The fraction of sp³-hybridized carbons (Fsp3) is 0.261. The van der Waals surface area contributed by atoms with E-state index in [1.165, 1.54) is 4.31 Å². The van der Waals surface area contributed by atoms with E-state index in [0.717, 1.165) is 27.3 Å². The van der Waals surface area contributed by atoms with Gasteiger partial charge in [0.15, 0.2) is 0 Å². The van der Waals surface area contributed by atoms with Crippen LogP contribution in [-0.2, 0) is 20.2 Å². The number of carboxylic acid groups (broad SMARTS) is 1. The van der Waals surface area contributed by atoms with Gasteiger partial charge in [-0.05, 0) is 54.7 Å². The molecule has 2 aromatic carbocycles. The lowest BCUT2D eigenvalue weighted by Crippen LogP contribution is -2.54. The molecule has 0 bridgehead atoms. The summed E-state index contributed by atoms with van der Waals surface area (Å²) in [5.41, 5.74) is -0.352. The standard InChI is InChI=1S/C23H20ClNO4S2/c24-18-9-7-16(8-10-18)19-11-12-20(30-19)31(28,29)25-14-4-13-22(15-23(22,25)21(26)27)17-5-2-1-3-6-17/h1-3,5-12H,4,13-15H2,(H,26,27). The molecule has 1 aliphatic carbocycles. The zero-order valence-corrected chi connectivity index (χ0v) is 18.9.